The first-order valence-corrected chi connectivity index (χ1v) is 9.31. The van der Waals surface area contributed by atoms with Crippen LogP contribution in [0.1, 0.15) is 39.1 Å². The van der Waals surface area contributed by atoms with E-state index in [0.29, 0.717) is 17.1 Å². The van der Waals surface area contributed by atoms with Gasteiger partial charge in [0.1, 0.15) is 6.04 Å². The number of carbonyl (C=O) groups excluding carboxylic acids is 4. The Labute approximate surface area is 160 Å². The van der Waals surface area contributed by atoms with Crippen LogP contribution in [-0.4, -0.2) is 65.6 Å². The molecule has 2 saturated heterocycles. The number of piperazine rings is 1. The maximum Gasteiger partial charge on any atom is 0.262 e. The Morgan fingerprint density at radius 2 is 1.81 bits per heavy atom. The van der Waals surface area contributed by atoms with Crippen LogP contribution in [0, 0.1) is 0 Å². The van der Waals surface area contributed by atoms with Gasteiger partial charge in [0.15, 0.2) is 0 Å². The molecule has 0 saturated carbocycles. The number of hydrogen-bond donors (Lipinski definition) is 2. The third kappa shape index (κ3) is 3.13. The summed E-state index contributed by atoms with van der Waals surface area (Å²) in [5, 5.41) is 5.90. The Kier molecular flexibility index (Phi) is 4.71. The third-order valence-corrected chi connectivity index (χ3v) is 5.60. The summed E-state index contributed by atoms with van der Waals surface area (Å²) in [4.78, 5) is 52.7. The minimum atomic E-state index is -0.971. The highest BCUT2D eigenvalue weighted by Gasteiger charge is 2.46. The lowest BCUT2D eigenvalue weighted by molar-refractivity contribution is -0.136. The van der Waals surface area contributed by atoms with Crippen molar-refractivity contribution in [3.8, 4) is 0 Å². The zero-order valence-corrected chi connectivity index (χ0v) is 15.3. The molecular formula is C18H19ClN4O4. The fourth-order valence-electron chi connectivity index (χ4n) is 3.85. The van der Waals surface area contributed by atoms with E-state index in [1.165, 1.54) is 6.07 Å². The van der Waals surface area contributed by atoms with Crippen molar-refractivity contribution in [3.05, 3.63) is 33.8 Å². The number of fused-ring (bicyclic) bond motifs is 1. The molecule has 4 amide bonds. The van der Waals surface area contributed by atoms with Gasteiger partial charge < -0.3 is 5.32 Å². The predicted octanol–water partition coefficient (Wildman–Crippen LogP) is 0.146. The smallest absolute Gasteiger partial charge is 0.262 e. The minimum Gasteiger partial charge on any atom is -0.314 e. The second-order valence-electron chi connectivity index (χ2n) is 6.92. The highest BCUT2D eigenvalue weighted by molar-refractivity contribution is 6.33. The number of hydrogen-bond acceptors (Lipinski definition) is 6. The standard InChI is InChI=1S/C18H19ClN4O4/c19-12-2-1-10-15(11(12)9-22-7-5-20-6-8-22)18(27)23(17(10)26)13-3-4-14(24)21-16(13)25/h1-2,13,20H,3-9H2,(H,21,24,25). The van der Waals surface area contributed by atoms with Gasteiger partial charge >= 0.3 is 0 Å². The SMILES string of the molecule is O=C1CCC(N2C(=O)c3ccc(Cl)c(CN4CCNCC4)c3C2=O)C(=O)N1. The predicted molar refractivity (Wildman–Crippen MR) is 96.3 cm³/mol. The second kappa shape index (κ2) is 7.03. The van der Waals surface area contributed by atoms with Crippen LogP contribution in [0.4, 0.5) is 0 Å². The Morgan fingerprint density at radius 3 is 2.52 bits per heavy atom. The van der Waals surface area contributed by atoms with Crippen molar-refractivity contribution in [1.82, 2.24) is 20.4 Å². The molecule has 4 rings (SSSR count). The highest BCUT2D eigenvalue weighted by Crippen LogP contribution is 2.34. The lowest BCUT2D eigenvalue weighted by Gasteiger charge is -2.29. The Balaban J connectivity index is 1.67. The molecule has 0 aromatic heterocycles. The molecule has 2 fully saturated rings. The van der Waals surface area contributed by atoms with E-state index in [1.54, 1.807) is 6.07 Å². The Morgan fingerprint density at radius 1 is 1.07 bits per heavy atom. The molecule has 0 spiro atoms. The monoisotopic (exact) mass is 390 g/mol. The molecule has 3 aliphatic rings. The summed E-state index contributed by atoms with van der Waals surface area (Å²) in [6.07, 6.45) is 0.231. The molecule has 1 aromatic rings. The van der Waals surface area contributed by atoms with Crippen LogP contribution in [0.25, 0.3) is 0 Å². The molecule has 3 heterocycles. The molecule has 0 bridgehead atoms. The number of rotatable bonds is 3. The number of carbonyl (C=O) groups is 4. The lowest BCUT2D eigenvalue weighted by Crippen LogP contribution is -2.54. The fraction of sp³-hybridized carbons (Fsp3) is 0.444. The van der Waals surface area contributed by atoms with Gasteiger partial charge in [0.25, 0.3) is 11.8 Å². The van der Waals surface area contributed by atoms with Gasteiger partial charge in [0.05, 0.1) is 11.1 Å². The van der Waals surface area contributed by atoms with E-state index < -0.39 is 29.7 Å². The number of piperidine rings is 1. The van der Waals surface area contributed by atoms with E-state index in [0.717, 1.165) is 31.1 Å². The van der Waals surface area contributed by atoms with Crippen molar-refractivity contribution < 1.29 is 19.2 Å². The number of nitrogens with one attached hydrogen (secondary N) is 2. The molecule has 142 valence electrons. The molecule has 1 aromatic carbocycles. The lowest BCUT2D eigenvalue weighted by atomic mass is 10.0. The van der Waals surface area contributed by atoms with E-state index in [2.05, 4.69) is 15.5 Å². The minimum absolute atomic E-state index is 0.0954. The van der Waals surface area contributed by atoms with Crippen molar-refractivity contribution in [2.45, 2.75) is 25.4 Å². The summed E-state index contributed by atoms with van der Waals surface area (Å²) >= 11 is 6.37. The summed E-state index contributed by atoms with van der Waals surface area (Å²) in [5.41, 5.74) is 1.15. The molecular weight excluding hydrogens is 372 g/mol. The van der Waals surface area contributed by atoms with E-state index in [9.17, 15) is 19.2 Å². The van der Waals surface area contributed by atoms with E-state index in [4.69, 9.17) is 11.6 Å². The van der Waals surface area contributed by atoms with Crippen LogP contribution < -0.4 is 10.6 Å². The number of halogens is 1. The maximum absolute atomic E-state index is 13.1. The van der Waals surface area contributed by atoms with Gasteiger partial charge in [-0.05, 0) is 24.1 Å². The van der Waals surface area contributed by atoms with Crippen molar-refractivity contribution >= 4 is 35.2 Å². The quantitative estimate of drug-likeness (QED) is 0.713. The third-order valence-electron chi connectivity index (χ3n) is 5.25. The molecule has 0 aliphatic carbocycles. The van der Waals surface area contributed by atoms with Crippen molar-refractivity contribution in [2.75, 3.05) is 26.2 Å². The largest absolute Gasteiger partial charge is 0.314 e. The summed E-state index contributed by atoms with van der Waals surface area (Å²) in [5.74, 6) is -2.04. The first-order chi connectivity index (χ1) is 13.0. The van der Waals surface area contributed by atoms with Crippen LogP contribution in [0.3, 0.4) is 0 Å². The van der Waals surface area contributed by atoms with Crippen molar-refractivity contribution in [1.29, 1.82) is 0 Å². The number of nitrogens with zero attached hydrogens (tertiary/aromatic N) is 2. The van der Waals surface area contributed by atoms with Crippen LogP contribution in [-0.2, 0) is 16.1 Å². The molecule has 9 heteroatoms. The first-order valence-electron chi connectivity index (χ1n) is 8.93. The van der Waals surface area contributed by atoms with Gasteiger partial charge in [-0.25, -0.2) is 0 Å². The van der Waals surface area contributed by atoms with E-state index in [-0.39, 0.29) is 24.0 Å². The van der Waals surface area contributed by atoms with Gasteiger partial charge in [-0.3, -0.25) is 34.3 Å². The van der Waals surface area contributed by atoms with Crippen molar-refractivity contribution in [2.24, 2.45) is 0 Å². The summed E-state index contributed by atoms with van der Waals surface area (Å²) in [6, 6.07) is 2.18. The average molecular weight is 391 g/mol. The van der Waals surface area contributed by atoms with Gasteiger partial charge in [0, 0.05) is 44.2 Å². The topological polar surface area (TPSA) is 98.8 Å². The van der Waals surface area contributed by atoms with E-state index >= 15 is 0 Å². The molecule has 1 atom stereocenters. The summed E-state index contributed by atoms with van der Waals surface area (Å²) in [7, 11) is 0. The maximum atomic E-state index is 13.1. The van der Waals surface area contributed by atoms with Gasteiger partial charge in [-0.15, -0.1) is 0 Å². The number of imide groups is 2. The van der Waals surface area contributed by atoms with Crippen LogP contribution in [0.15, 0.2) is 12.1 Å². The van der Waals surface area contributed by atoms with E-state index in [1.807, 2.05) is 0 Å². The van der Waals surface area contributed by atoms with Gasteiger partial charge in [0.2, 0.25) is 11.8 Å². The first kappa shape index (κ1) is 18.1. The Bertz CT molecular complexity index is 850. The molecule has 1 unspecified atom stereocenters. The van der Waals surface area contributed by atoms with Crippen molar-refractivity contribution in [3.63, 3.8) is 0 Å². The van der Waals surface area contributed by atoms with Gasteiger partial charge in [-0.2, -0.15) is 0 Å². The number of benzene rings is 1. The summed E-state index contributed by atoms with van der Waals surface area (Å²) < 4.78 is 0. The second-order valence-corrected chi connectivity index (χ2v) is 7.33. The molecule has 0 radical (unpaired) electrons. The average Bonchev–Trinajstić information content (AvgIpc) is 2.89. The Hall–Kier alpha value is -2.29. The van der Waals surface area contributed by atoms with Gasteiger partial charge in [-0.1, -0.05) is 11.6 Å². The molecule has 3 aliphatic heterocycles. The van der Waals surface area contributed by atoms with Crippen LogP contribution >= 0.6 is 11.6 Å². The molecule has 27 heavy (non-hydrogen) atoms. The number of amides is 4. The van der Waals surface area contributed by atoms with Crippen LogP contribution in [0.5, 0.6) is 0 Å². The zero-order valence-electron chi connectivity index (χ0n) is 14.6. The normalized spacial score (nSPS) is 23.6. The highest BCUT2D eigenvalue weighted by atomic mass is 35.5. The fourth-order valence-corrected chi connectivity index (χ4v) is 4.06. The summed E-state index contributed by atoms with van der Waals surface area (Å²) in [6.45, 7) is 3.80. The molecule has 8 nitrogen and oxygen atoms in total. The van der Waals surface area contributed by atoms with Crippen LogP contribution in [0.2, 0.25) is 5.02 Å². The zero-order chi connectivity index (χ0) is 19.1. The molecule has 2 N–H and O–H groups in total.